The van der Waals surface area contributed by atoms with Gasteiger partial charge in [-0.15, -0.1) is 0 Å². The molecule has 3 rings (SSSR count). The van der Waals surface area contributed by atoms with Crippen LogP contribution in [0.3, 0.4) is 0 Å². The van der Waals surface area contributed by atoms with Crippen LogP contribution in [0.5, 0.6) is 0 Å². The van der Waals surface area contributed by atoms with Crippen molar-refractivity contribution in [3.63, 3.8) is 0 Å². The number of benzene rings is 2. The maximum atomic E-state index is 12.5. The summed E-state index contributed by atoms with van der Waals surface area (Å²) in [5.74, 6) is -0.628. The molecule has 1 N–H and O–H groups in total. The SMILES string of the molecule is Cc1ccccc1CN1CC(C(=O)Nc2cccc(Cl)c2Cl)CC1=O. The van der Waals surface area contributed by atoms with Crippen LogP contribution in [0.15, 0.2) is 42.5 Å². The molecular weight excluding hydrogens is 359 g/mol. The van der Waals surface area contributed by atoms with E-state index in [9.17, 15) is 9.59 Å². The number of likely N-dealkylation sites (tertiary alicyclic amines) is 1. The maximum absolute atomic E-state index is 12.5. The van der Waals surface area contributed by atoms with Gasteiger partial charge in [0, 0.05) is 19.5 Å². The first-order chi connectivity index (χ1) is 12.0. The maximum Gasteiger partial charge on any atom is 0.229 e. The molecule has 1 atom stereocenters. The Labute approximate surface area is 156 Å². The van der Waals surface area contributed by atoms with Gasteiger partial charge in [-0.05, 0) is 30.2 Å². The number of amides is 2. The fourth-order valence-electron chi connectivity index (χ4n) is 2.93. The minimum Gasteiger partial charge on any atom is -0.338 e. The molecule has 2 aromatic rings. The van der Waals surface area contributed by atoms with Crippen molar-refractivity contribution in [2.45, 2.75) is 19.9 Å². The molecule has 1 aliphatic rings. The molecule has 0 spiro atoms. The topological polar surface area (TPSA) is 49.4 Å². The van der Waals surface area contributed by atoms with Crippen LogP contribution in [-0.2, 0) is 16.1 Å². The van der Waals surface area contributed by atoms with Crippen LogP contribution in [0.1, 0.15) is 17.5 Å². The summed E-state index contributed by atoms with van der Waals surface area (Å²) in [6.45, 7) is 2.94. The van der Waals surface area contributed by atoms with Crippen molar-refractivity contribution in [2.24, 2.45) is 5.92 Å². The summed E-state index contributed by atoms with van der Waals surface area (Å²) < 4.78 is 0. The predicted octanol–water partition coefficient (Wildman–Crippen LogP) is 4.29. The lowest BCUT2D eigenvalue weighted by molar-refractivity contribution is -0.128. The number of nitrogens with zero attached hydrogens (tertiary/aromatic N) is 1. The number of hydrogen-bond acceptors (Lipinski definition) is 2. The van der Waals surface area contributed by atoms with Crippen LogP contribution >= 0.6 is 23.2 Å². The zero-order valence-corrected chi connectivity index (χ0v) is 15.3. The summed E-state index contributed by atoms with van der Waals surface area (Å²) in [4.78, 5) is 26.5. The molecule has 130 valence electrons. The molecule has 4 nitrogen and oxygen atoms in total. The van der Waals surface area contributed by atoms with E-state index >= 15 is 0 Å². The van der Waals surface area contributed by atoms with E-state index in [1.807, 2.05) is 31.2 Å². The molecule has 6 heteroatoms. The van der Waals surface area contributed by atoms with Crippen LogP contribution in [0.25, 0.3) is 0 Å². The second-order valence-corrected chi connectivity index (χ2v) is 6.98. The quantitative estimate of drug-likeness (QED) is 0.864. The fourth-order valence-corrected chi connectivity index (χ4v) is 3.28. The van der Waals surface area contributed by atoms with E-state index in [-0.39, 0.29) is 18.2 Å². The lowest BCUT2D eigenvalue weighted by Crippen LogP contribution is -2.28. The second kappa shape index (κ2) is 7.46. The van der Waals surface area contributed by atoms with Crippen LogP contribution < -0.4 is 5.32 Å². The van der Waals surface area contributed by atoms with Gasteiger partial charge in [0.05, 0.1) is 21.7 Å². The first-order valence-corrected chi connectivity index (χ1v) is 8.78. The first kappa shape index (κ1) is 17.8. The number of anilines is 1. The van der Waals surface area contributed by atoms with Gasteiger partial charge in [-0.25, -0.2) is 0 Å². The smallest absolute Gasteiger partial charge is 0.229 e. The summed E-state index contributed by atoms with van der Waals surface area (Å²) >= 11 is 12.1. The Kier molecular flexibility index (Phi) is 5.30. The third-order valence-corrected chi connectivity index (χ3v) is 5.24. The van der Waals surface area contributed by atoms with E-state index in [0.29, 0.717) is 28.8 Å². The Balaban J connectivity index is 1.66. The lowest BCUT2D eigenvalue weighted by Gasteiger charge is -2.18. The molecule has 1 heterocycles. The van der Waals surface area contributed by atoms with Crippen molar-refractivity contribution < 1.29 is 9.59 Å². The number of nitrogens with one attached hydrogen (secondary N) is 1. The molecule has 0 saturated carbocycles. The predicted molar refractivity (Wildman–Crippen MR) is 99.8 cm³/mol. The van der Waals surface area contributed by atoms with E-state index in [1.165, 1.54) is 0 Å². The standard InChI is InChI=1S/C19H18Cl2N2O2/c1-12-5-2-3-6-13(12)10-23-11-14(9-17(23)24)19(25)22-16-8-4-7-15(20)18(16)21/h2-8,14H,9-11H2,1H3,(H,22,25). The summed E-state index contributed by atoms with van der Waals surface area (Å²) in [6.07, 6.45) is 0.204. The molecule has 0 radical (unpaired) electrons. The van der Waals surface area contributed by atoms with Gasteiger partial charge < -0.3 is 10.2 Å². The Morgan fingerprint density at radius 2 is 1.96 bits per heavy atom. The van der Waals surface area contributed by atoms with Crippen molar-refractivity contribution in [2.75, 3.05) is 11.9 Å². The third kappa shape index (κ3) is 3.97. The number of carbonyl (C=O) groups excluding carboxylic acids is 2. The monoisotopic (exact) mass is 376 g/mol. The zero-order chi connectivity index (χ0) is 18.0. The highest BCUT2D eigenvalue weighted by molar-refractivity contribution is 6.44. The van der Waals surface area contributed by atoms with Gasteiger partial charge in [-0.2, -0.15) is 0 Å². The van der Waals surface area contributed by atoms with Gasteiger partial charge in [-0.1, -0.05) is 53.5 Å². The molecule has 0 aliphatic carbocycles. The van der Waals surface area contributed by atoms with Crippen LogP contribution in [0.2, 0.25) is 10.0 Å². The average molecular weight is 377 g/mol. The molecule has 0 bridgehead atoms. The molecule has 2 amide bonds. The highest BCUT2D eigenvalue weighted by atomic mass is 35.5. The molecule has 0 aromatic heterocycles. The number of aryl methyl sites for hydroxylation is 1. The van der Waals surface area contributed by atoms with Crippen LogP contribution in [-0.4, -0.2) is 23.3 Å². The molecule has 1 fully saturated rings. The van der Waals surface area contributed by atoms with Crippen molar-refractivity contribution in [3.8, 4) is 0 Å². The van der Waals surface area contributed by atoms with Gasteiger partial charge in [-0.3, -0.25) is 9.59 Å². The average Bonchev–Trinajstić information content (AvgIpc) is 2.95. The minimum atomic E-state index is -0.397. The first-order valence-electron chi connectivity index (χ1n) is 8.03. The Morgan fingerprint density at radius 1 is 1.20 bits per heavy atom. The number of halogens is 2. The van der Waals surface area contributed by atoms with Crippen molar-refractivity contribution in [1.29, 1.82) is 0 Å². The van der Waals surface area contributed by atoms with Crippen molar-refractivity contribution in [3.05, 3.63) is 63.6 Å². The summed E-state index contributed by atoms with van der Waals surface area (Å²) in [5.41, 5.74) is 2.69. The van der Waals surface area contributed by atoms with Crippen LogP contribution in [0, 0.1) is 12.8 Å². The summed E-state index contributed by atoms with van der Waals surface area (Å²) in [7, 11) is 0. The lowest BCUT2D eigenvalue weighted by atomic mass is 10.1. The highest BCUT2D eigenvalue weighted by Gasteiger charge is 2.34. The van der Waals surface area contributed by atoms with Crippen LogP contribution in [0.4, 0.5) is 5.69 Å². The van der Waals surface area contributed by atoms with E-state index in [1.54, 1.807) is 23.1 Å². The number of hydrogen-bond donors (Lipinski definition) is 1. The fraction of sp³-hybridized carbons (Fsp3) is 0.263. The van der Waals surface area contributed by atoms with E-state index in [0.717, 1.165) is 11.1 Å². The van der Waals surface area contributed by atoms with E-state index in [4.69, 9.17) is 23.2 Å². The molecule has 1 aliphatic heterocycles. The highest BCUT2D eigenvalue weighted by Crippen LogP contribution is 2.30. The summed E-state index contributed by atoms with van der Waals surface area (Å²) in [5, 5.41) is 3.46. The Hall–Kier alpha value is -2.04. The number of carbonyl (C=O) groups is 2. The Bertz CT molecular complexity index is 823. The van der Waals surface area contributed by atoms with Crippen molar-refractivity contribution >= 4 is 40.7 Å². The largest absolute Gasteiger partial charge is 0.338 e. The molecule has 25 heavy (non-hydrogen) atoms. The molecular formula is C19H18Cl2N2O2. The Morgan fingerprint density at radius 3 is 2.72 bits per heavy atom. The van der Waals surface area contributed by atoms with Gasteiger partial charge >= 0.3 is 0 Å². The van der Waals surface area contributed by atoms with Gasteiger partial charge in [0.2, 0.25) is 11.8 Å². The minimum absolute atomic E-state index is 0.0133. The summed E-state index contributed by atoms with van der Waals surface area (Å²) in [6, 6.07) is 13.0. The second-order valence-electron chi connectivity index (χ2n) is 6.19. The zero-order valence-electron chi connectivity index (χ0n) is 13.8. The normalized spacial score (nSPS) is 17.0. The van der Waals surface area contributed by atoms with E-state index in [2.05, 4.69) is 5.32 Å². The molecule has 1 unspecified atom stereocenters. The molecule has 2 aromatic carbocycles. The van der Waals surface area contributed by atoms with E-state index < -0.39 is 5.92 Å². The van der Waals surface area contributed by atoms with Gasteiger partial charge in [0.25, 0.3) is 0 Å². The molecule has 1 saturated heterocycles. The number of rotatable bonds is 4. The van der Waals surface area contributed by atoms with Gasteiger partial charge in [0.15, 0.2) is 0 Å². The third-order valence-electron chi connectivity index (χ3n) is 4.42. The van der Waals surface area contributed by atoms with Crippen molar-refractivity contribution in [1.82, 2.24) is 4.90 Å². The van der Waals surface area contributed by atoms with Gasteiger partial charge in [0.1, 0.15) is 0 Å².